The number of hydrogen-bond acceptors (Lipinski definition) is 5. The van der Waals surface area contributed by atoms with Crippen LogP contribution in [0.15, 0.2) is 53.1 Å². The number of halogens is 1. The Morgan fingerprint density at radius 1 is 1.24 bits per heavy atom. The molecule has 0 radical (unpaired) electrons. The van der Waals surface area contributed by atoms with Crippen LogP contribution in [0.2, 0.25) is 0 Å². The molecule has 9 heteroatoms. The fourth-order valence-corrected chi connectivity index (χ4v) is 3.57. The molecule has 29 heavy (non-hydrogen) atoms. The lowest BCUT2D eigenvalue weighted by molar-refractivity contribution is -0.924. The van der Waals surface area contributed by atoms with Gasteiger partial charge in [-0.1, -0.05) is 18.2 Å². The summed E-state index contributed by atoms with van der Waals surface area (Å²) in [6.45, 7) is 6.21. The van der Waals surface area contributed by atoms with E-state index in [1.165, 1.54) is 11.0 Å². The van der Waals surface area contributed by atoms with E-state index in [4.69, 9.17) is 21.4 Å². The lowest BCUT2D eigenvalue weighted by Crippen LogP contribution is -3.14. The number of rotatable bonds is 6. The van der Waals surface area contributed by atoms with Crippen molar-refractivity contribution in [2.45, 2.75) is 19.7 Å². The first-order valence-corrected chi connectivity index (χ1v) is 10.1. The van der Waals surface area contributed by atoms with Gasteiger partial charge in [-0.2, -0.15) is 4.68 Å². The van der Waals surface area contributed by atoms with Crippen LogP contribution in [-0.2, 0) is 6.67 Å². The predicted octanol–water partition coefficient (Wildman–Crippen LogP) is 1.66. The molecule has 2 N–H and O–H groups in total. The second kappa shape index (κ2) is 8.71. The molecule has 0 unspecified atom stereocenters. The van der Waals surface area contributed by atoms with E-state index in [1.54, 1.807) is 29.8 Å². The summed E-state index contributed by atoms with van der Waals surface area (Å²) in [4.78, 5) is 7.29. The maximum Gasteiger partial charge on any atom is 0.292 e. The van der Waals surface area contributed by atoms with E-state index in [0.29, 0.717) is 17.4 Å². The number of hydrogen-bond donors (Lipinski definition) is 1. The molecule has 4 rings (SSSR count). The number of H-pyrrole nitrogens is 1. The average Bonchev–Trinajstić information content (AvgIpc) is 3.11. The second-order valence-electron chi connectivity index (χ2n) is 7.04. The molecule has 3 aromatic rings. The second-order valence-corrected chi connectivity index (χ2v) is 7.39. The molecule has 1 aromatic carbocycles. The molecule has 0 saturated carbocycles. The Morgan fingerprint density at radius 3 is 2.72 bits per heavy atom. The molecule has 0 bridgehead atoms. The zero-order valence-electron chi connectivity index (χ0n) is 16.2. The van der Waals surface area contributed by atoms with E-state index in [2.05, 4.69) is 21.0 Å². The lowest BCUT2D eigenvalue weighted by atomic mass is 10.3. The van der Waals surface area contributed by atoms with E-state index in [1.807, 2.05) is 18.3 Å². The highest BCUT2D eigenvalue weighted by molar-refractivity contribution is 7.71. The first-order chi connectivity index (χ1) is 14.1. The maximum atomic E-state index is 13.8. The fraction of sp³-hybridized carbons (Fsp3) is 0.350. The summed E-state index contributed by atoms with van der Waals surface area (Å²) in [6, 6.07) is 12.4. The molecular formula is C20H24FN5O2S+2. The van der Waals surface area contributed by atoms with Gasteiger partial charge in [-0.3, -0.25) is 4.90 Å². The van der Waals surface area contributed by atoms with Crippen LogP contribution < -0.4 is 19.5 Å². The van der Waals surface area contributed by atoms with Crippen molar-refractivity contribution < 1.29 is 23.4 Å². The molecule has 152 valence electrons. The van der Waals surface area contributed by atoms with Crippen molar-refractivity contribution >= 4 is 18.0 Å². The average molecular weight is 418 g/mol. The van der Waals surface area contributed by atoms with Gasteiger partial charge in [0.05, 0.1) is 6.20 Å². The summed E-state index contributed by atoms with van der Waals surface area (Å²) in [5, 5.41) is 4.46. The minimum Gasteiger partial charge on any atom is -0.478 e. The van der Waals surface area contributed by atoms with Crippen molar-refractivity contribution in [2.24, 2.45) is 0 Å². The third-order valence-electron chi connectivity index (χ3n) is 4.99. The van der Waals surface area contributed by atoms with Gasteiger partial charge in [0.25, 0.3) is 16.5 Å². The van der Waals surface area contributed by atoms with Crippen LogP contribution in [0.25, 0.3) is 0 Å². The summed E-state index contributed by atoms with van der Waals surface area (Å²) in [6.07, 6.45) is 1.39. The van der Waals surface area contributed by atoms with E-state index < -0.39 is 11.9 Å². The molecule has 1 saturated heterocycles. The fourth-order valence-electron chi connectivity index (χ4n) is 3.38. The molecule has 1 aliphatic heterocycles. The van der Waals surface area contributed by atoms with Crippen LogP contribution in [0, 0.1) is 10.7 Å². The Morgan fingerprint density at radius 2 is 2.00 bits per heavy atom. The molecule has 3 heterocycles. The largest absolute Gasteiger partial charge is 0.478 e. The van der Waals surface area contributed by atoms with Crippen molar-refractivity contribution in [2.75, 3.05) is 31.1 Å². The van der Waals surface area contributed by atoms with Gasteiger partial charge in [-0.15, -0.1) is 5.10 Å². The number of para-hydroxylation sites is 1. The van der Waals surface area contributed by atoms with Gasteiger partial charge in [0, 0.05) is 6.07 Å². The van der Waals surface area contributed by atoms with Gasteiger partial charge in [0.15, 0.2) is 24.3 Å². The Kier molecular flexibility index (Phi) is 5.86. The molecule has 0 amide bonds. The van der Waals surface area contributed by atoms with Gasteiger partial charge in [-0.05, 0) is 37.3 Å². The van der Waals surface area contributed by atoms with Gasteiger partial charge in [-0.25, -0.2) is 9.37 Å². The zero-order chi connectivity index (χ0) is 20.2. The third-order valence-corrected chi connectivity index (χ3v) is 5.28. The molecule has 0 spiro atoms. The number of aromatic amines is 1. The summed E-state index contributed by atoms with van der Waals surface area (Å²) in [5.41, 5.74) is 0. The van der Waals surface area contributed by atoms with Gasteiger partial charge < -0.3 is 14.1 Å². The molecule has 1 aliphatic rings. The highest BCUT2D eigenvalue weighted by Crippen LogP contribution is 2.23. The Hall–Kier alpha value is -2.78. The van der Waals surface area contributed by atoms with Crippen LogP contribution in [0.4, 0.5) is 10.2 Å². The zero-order valence-corrected chi connectivity index (χ0v) is 17.0. The SMILES string of the molecule is C[C@H](Oc1ccccc1F)c1nn(C[NH+]2CCN(c3cccc[nH+]3)CC2)c(=S)o1. The van der Waals surface area contributed by atoms with E-state index >= 15 is 0 Å². The van der Waals surface area contributed by atoms with Crippen molar-refractivity contribution in [3.8, 4) is 5.75 Å². The molecule has 2 aromatic heterocycles. The summed E-state index contributed by atoms with van der Waals surface area (Å²) in [7, 11) is 0. The van der Waals surface area contributed by atoms with Crippen molar-refractivity contribution in [3.05, 3.63) is 65.2 Å². The molecule has 0 aliphatic carbocycles. The molecule has 1 atom stereocenters. The minimum absolute atomic E-state index is 0.162. The summed E-state index contributed by atoms with van der Waals surface area (Å²) >= 11 is 5.33. The van der Waals surface area contributed by atoms with Crippen LogP contribution in [0.3, 0.4) is 0 Å². The quantitative estimate of drug-likeness (QED) is 0.618. The summed E-state index contributed by atoms with van der Waals surface area (Å²) in [5.74, 6) is 1.21. The Balaban J connectivity index is 1.36. The Bertz CT molecular complexity index is 1000. The van der Waals surface area contributed by atoms with Gasteiger partial charge >= 0.3 is 0 Å². The van der Waals surface area contributed by atoms with Gasteiger partial charge in [0.1, 0.15) is 26.2 Å². The van der Waals surface area contributed by atoms with Gasteiger partial charge in [0.2, 0.25) is 0 Å². The highest BCUT2D eigenvalue weighted by atomic mass is 32.1. The monoisotopic (exact) mass is 417 g/mol. The van der Waals surface area contributed by atoms with Crippen LogP contribution in [-0.4, -0.2) is 36.0 Å². The number of nitrogens with zero attached hydrogens (tertiary/aromatic N) is 3. The van der Waals surface area contributed by atoms with Crippen LogP contribution in [0.1, 0.15) is 18.9 Å². The maximum absolute atomic E-state index is 13.8. The third kappa shape index (κ3) is 4.63. The van der Waals surface area contributed by atoms with E-state index in [-0.39, 0.29) is 5.75 Å². The predicted molar refractivity (Wildman–Crippen MR) is 107 cm³/mol. The minimum atomic E-state index is -0.546. The van der Waals surface area contributed by atoms with Crippen molar-refractivity contribution in [1.29, 1.82) is 0 Å². The number of benzene rings is 1. The van der Waals surface area contributed by atoms with Crippen LogP contribution in [0.5, 0.6) is 5.75 Å². The molecular weight excluding hydrogens is 393 g/mol. The summed E-state index contributed by atoms with van der Waals surface area (Å²) < 4.78 is 26.7. The molecule has 7 nitrogen and oxygen atoms in total. The number of nitrogens with one attached hydrogen (secondary N) is 2. The number of piperazine rings is 1. The normalized spacial score (nSPS) is 16.0. The van der Waals surface area contributed by atoms with E-state index in [9.17, 15) is 4.39 Å². The number of pyridine rings is 1. The smallest absolute Gasteiger partial charge is 0.292 e. The number of anilines is 1. The van der Waals surface area contributed by atoms with Crippen molar-refractivity contribution in [1.82, 2.24) is 9.78 Å². The number of ether oxygens (including phenoxy) is 1. The topological polar surface area (TPSA) is 62.0 Å². The van der Waals surface area contributed by atoms with Crippen LogP contribution >= 0.6 is 12.2 Å². The number of aromatic nitrogens is 3. The number of quaternary nitrogens is 1. The first kappa shape index (κ1) is 19.5. The first-order valence-electron chi connectivity index (χ1n) is 9.64. The Labute approximate surface area is 173 Å². The highest BCUT2D eigenvalue weighted by Gasteiger charge is 2.27. The van der Waals surface area contributed by atoms with Crippen molar-refractivity contribution in [3.63, 3.8) is 0 Å². The van der Waals surface area contributed by atoms with E-state index in [0.717, 1.165) is 32.0 Å². The lowest BCUT2D eigenvalue weighted by Gasteiger charge is -2.27. The molecule has 1 fully saturated rings. The standard InChI is InChI=1S/C20H22FN5O2S/c1-15(27-17-7-3-2-6-16(17)21)19-23-26(20(29)28-19)14-24-10-12-25(13-11-24)18-8-4-5-9-22-18/h2-9,15H,10-14H2,1H3/p+2/t15-/m0/s1.